The van der Waals surface area contributed by atoms with Gasteiger partial charge < -0.3 is 4.84 Å². The van der Waals surface area contributed by atoms with Crippen LogP contribution in [-0.2, 0) is 9.63 Å². The van der Waals surface area contributed by atoms with E-state index in [1.165, 1.54) is 6.92 Å². The van der Waals surface area contributed by atoms with Crippen molar-refractivity contribution in [2.24, 2.45) is 5.16 Å². The van der Waals surface area contributed by atoms with Crippen molar-refractivity contribution in [1.29, 1.82) is 0 Å². The molecule has 0 spiro atoms. The highest BCUT2D eigenvalue weighted by Gasteiger charge is 2.09. The van der Waals surface area contributed by atoms with E-state index in [2.05, 4.69) is 11.7 Å². The average molecular weight is 430 g/mol. The third-order valence-corrected chi connectivity index (χ3v) is 5.46. The van der Waals surface area contributed by atoms with Crippen LogP contribution in [0, 0.1) is 0 Å². The van der Waals surface area contributed by atoms with Crippen LogP contribution in [0.2, 0.25) is 0 Å². The van der Waals surface area contributed by atoms with Crippen molar-refractivity contribution in [3.05, 3.63) is 108 Å². The Balaban J connectivity index is 1.69. The Morgan fingerprint density at radius 3 is 1.97 bits per heavy atom. The molecule has 0 aliphatic carbocycles. The highest BCUT2D eigenvalue weighted by molar-refractivity contribution is 7.99. The number of rotatable bonds is 9. The summed E-state index contributed by atoms with van der Waals surface area (Å²) in [6.45, 7) is 5.06. The highest BCUT2D eigenvalue weighted by Crippen LogP contribution is 2.28. The lowest BCUT2D eigenvalue weighted by atomic mass is 10.0. The summed E-state index contributed by atoms with van der Waals surface area (Å²) >= 11 is 1.61. The topological polar surface area (TPSA) is 55.7 Å². The number of benzene rings is 3. The minimum absolute atomic E-state index is 0.0145. The van der Waals surface area contributed by atoms with Gasteiger partial charge in [0.05, 0.1) is 5.71 Å². The zero-order chi connectivity index (χ0) is 22.1. The monoisotopic (exact) mass is 429 g/mol. The summed E-state index contributed by atoms with van der Waals surface area (Å²) in [4.78, 5) is 30.5. The van der Waals surface area contributed by atoms with Gasteiger partial charge in [0, 0.05) is 27.8 Å². The first-order chi connectivity index (χ1) is 15.1. The maximum absolute atomic E-state index is 12.5. The highest BCUT2D eigenvalue weighted by atomic mass is 32.2. The van der Waals surface area contributed by atoms with Gasteiger partial charge in [0.1, 0.15) is 0 Å². The molecule has 156 valence electrons. The summed E-state index contributed by atoms with van der Waals surface area (Å²) in [5.74, 6) is -0.432. The first kappa shape index (κ1) is 22.2. The molecule has 4 nitrogen and oxygen atoms in total. The standard InChI is InChI=1S/C26H23NO3S/c1-3-4-10-25(27-30-19(2)28)20-11-15-23(16-12-20)31-24-17-13-22(14-18-24)26(29)21-8-6-5-7-9-21/h3,5-9,11-18H,1,4,10H2,2H3. The van der Waals surface area contributed by atoms with Crippen LogP contribution in [-0.4, -0.2) is 17.5 Å². The zero-order valence-electron chi connectivity index (χ0n) is 17.3. The molecule has 0 unspecified atom stereocenters. The fourth-order valence-electron chi connectivity index (χ4n) is 2.88. The Hall–Kier alpha value is -3.44. The van der Waals surface area contributed by atoms with Crippen molar-refractivity contribution in [2.45, 2.75) is 29.6 Å². The third kappa shape index (κ3) is 6.52. The molecule has 0 atom stereocenters. The van der Waals surface area contributed by atoms with Crippen molar-refractivity contribution in [2.75, 3.05) is 0 Å². The van der Waals surface area contributed by atoms with E-state index in [0.717, 1.165) is 21.8 Å². The van der Waals surface area contributed by atoms with Gasteiger partial charge in [-0.2, -0.15) is 0 Å². The first-order valence-corrected chi connectivity index (χ1v) is 10.7. The largest absolute Gasteiger partial charge is 0.331 e. The second kappa shape index (κ2) is 11.1. The Labute approximate surface area is 186 Å². The predicted octanol–water partition coefficient (Wildman–Crippen LogP) is 6.30. The van der Waals surface area contributed by atoms with E-state index < -0.39 is 5.97 Å². The van der Waals surface area contributed by atoms with Gasteiger partial charge in [-0.15, -0.1) is 6.58 Å². The van der Waals surface area contributed by atoms with Crippen molar-refractivity contribution in [1.82, 2.24) is 0 Å². The molecule has 0 saturated heterocycles. The number of nitrogens with zero attached hydrogens (tertiary/aromatic N) is 1. The van der Waals surface area contributed by atoms with Crippen LogP contribution in [0.4, 0.5) is 0 Å². The van der Waals surface area contributed by atoms with E-state index in [1.807, 2.05) is 78.9 Å². The summed E-state index contributed by atoms with van der Waals surface area (Å²) < 4.78 is 0. The third-order valence-electron chi connectivity index (χ3n) is 4.45. The van der Waals surface area contributed by atoms with Crippen molar-refractivity contribution in [3.63, 3.8) is 0 Å². The van der Waals surface area contributed by atoms with Crippen LogP contribution >= 0.6 is 11.8 Å². The maximum Gasteiger partial charge on any atom is 0.331 e. The van der Waals surface area contributed by atoms with Gasteiger partial charge >= 0.3 is 5.97 Å². The molecule has 5 heteroatoms. The lowest BCUT2D eigenvalue weighted by molar-refractivity contribution is -0.140. The van der Waals surface area contributed by atoms with Gasteiger partial charge in [-0.05, 0) is 54.8 Å². The molecule has 3 aromatic carbocycles. The van der Waals surface area contributed by atoms with E-state index >= 15 is 0 Å². The number of oxime groups is 1. The van der Waals surface area contributed by atoms with Crippen molar-refractivity contribution < 1.29 is 14.4 Å². The van der Waals surface area contributed by atoms with E-state index in [-0.39, 0.29) is 5.78 Å². The average Bonchev–Trinajstić information content (AvgIpc) is 2.80. The molecule has 0 saturated carbocycles. The summed E-state index contributed by atoms with van der Waals surface area (Å²) in [6.07, 6.45) is 3.19. The SMILES string of the molecule is C=CCCC(=NOC(C)=O)c1ccc(Sc2ccc(C(=O)c3ccccc3)cc2)cc1. The molecule has 0 amide bonds. The Morgan fingerprint density at radius 2 is 1.42 bits per heavy atom. The number of hydrogen-bond acceptors (Lipinski definition) is 5. The van der Waals surface area contributed by atoms with Gasteiger partial charge in [0.2, 0.25) is 0 Å². The first-order valence-electron chi connectivity index (χ1n) is 9.90. The smallest absolute Gasteiger partial charge is 0.318 e. The van der Waals surface area contributed by atoms with Gasteiger partial charge in [-0.1, -0.05) is 65.5 Å². The van der Waals surface area contributed by atoms with E-state index in [4.69, 9.17) is 4.84 Å². The van der Waals surface area contributed by atoms with Crippen LogP contribution in [0.5, 0.6) is 0 Å². The van der Waals surface area contributed by atoms with E-state index in [1.54, 1.807) is 17.8 Å². The fraction of sp³-hybridized carbons (Fsp3) is 0.115. The number of carbonyl (C=O) groups excluding carboxylic acids is 2. The predicted molar refractivity (Wildman–Crippen MR) is 125 cm³/mol. The van der Waals surface area contributed by atoms with Crippen LogP contribution < -0.4 is 0 Å². The summed E-state index contributed by atoms with van der Waals surface area (Å²) in [6, 6.07) is 24.8. The van der Waals surface area contributed by atoms with Crippen LogP contribution in [0.1, 0.15) is 41.3 Å². The van der Waals surface area contributed by atoms with Crippen LogP contribution in [0.15, 0.2) is 106 Å². The second-order valence-electron chi connectivity index (χ2n) is 6.79. The number of hydrogen-bond donors (Lipinski definition) is 0. The Morgan fingerprint density at radius 1 is 0.871 bits per heavy atom. The molecule has 0 aliphatic rings. The molecular weight excluding hydrogens is 406 g/mol. The summed E-state index contributed by atoms with van der Waals surface area (Å²) in [7, 11) is 0. The molecule has 0 aliphatic heterocycles. The lowest BCUT2D eigenvalue weighted by Gasteiger charge is -2.07. The molecule has 3 aromatic rings. The molecule has 31 heavy (non-hydrogen) atoms. The van der Waals surface area contributed by atoms with Crippen LogP contribution in [0.3, 0.4) is 0 Å². The summed E-state index contributed by atoms with van der Waals surface area (Å²) in [5.41, 5.74) is 2.95. The number of allylic oxidation sites excluding steroid dienone is 1. The molecule has 3 rings (SSSR count). The van der Waals surface area contributed by atoms with E-state index in [9.17, 15) is 9.59 Å². The van der Waals surface area contributed by atoms with Gasteiger partial charge in [-0.3, -0.25) is 4.79 Å². The second-order valence-corrected chi connectivity index (χ2v) is 7.94. The van der Waals surface area contributed by atoms with Crippen LogP contribution in [0.25, 0.3) is 0 Å². The quantitative estimate of drug-likeness (QED) is 0.132. The van der Waals surface area contributed by atoms with Gasteiger partial charge in [0.15, 0.2) is 5.78 Å². The number of carbonyl (C=O) groups is 2. The Kier molecular flexibility index (Phi) is 7.96. The minimum atomic E-state index is -0.447. The summed E-state index contributed by atoms with van der Waals surface area (Å²) in [5, 5.41) is 3.98. The van der Waals surface area contributed by atoms with E-state index in [0.29, 0.717) is 23.3 Å². The molecule has 0 heterocycles. The fourth-order valence-corrected chi connectivity index (χ4v) is 3.70. The molecular formula is C26H23NO3S. The number of ketones is 1. The molecule has 0 N–H and O–H groups in total. The van der Waals surface area contributed by atoms with Gasteiger partial charge in [-0.25, -0.2) is 4.79 Å². The molecule has 0 fully saturated rings. The molecule has 0 radical (unpaired) electrons. The molecule has 0 aromatic heterocycles. The lowest BCUT2D eigenvalue weighted by Crippen LogP contribution is -2.03. The maximum atomic E-state index is 12.5. The molecule has 0 bridgehead atoms. The van der Waals surface area contributed by atoms with Crippen molar-refractivity contribution >= 4 is 29.2 Å². The van der Waals surface area contributed by atoms with Crippen molar-refractivity contribution in [3.8, 4) is 0 Å². The normalized spacial score (nSPS) is 11.1. The Bertz CT molecular complexity index is 1070. The van der Waals surface area contributed by atoms with Gasteiger partial charge in [0.25, 0.3) is 0 Å². The zero-order valence-corrected chi connectivity index (χ0v) is 18.1. The minimum Gasteiger partial charge on any atom is -0.318 e.